The van der Waals surface area contributed by atoms with Crippen molar-refractivity contribution in [3.8, 4) is 0 Å². The Morgan fingerprint density at radius 1 is 1.12 bits per heavy atom. The fraction of sp³-hybridized carbons (Fsp3) is 0.0833. The van der Waals surface area contributed by atoms with Gasteiger partial charge in [0.1, 0.15) is 0 Å². The number of carbonyl (C=O) groups is 1. The number of aryl methyl sites for hydroxylation is 1. The normalized spacial score (nSPS) is 10.3. The van der Waals surface area contributed by atoms with Gasteiger partial charge in [-0.3, -0.25) is 4.79 Å². The maximum absolute atomic E-state index is 12.0. The standard InChI is InChI=1S/C12H12N2OS/c1-7-2-5-11(16-7)12(15)8-3-4-9(13)10(14)6-8/h2-6H,13-14H2,1H3. The molecule has 0 atom stereocenters. The second-order valence-corrected chi connectivity index (χ2v) is 4.87. The fourth-order valence-electron chi connectivity index (χ4n) is 1.41. The van der Waals surface area contributed by atoms with Gasteiger partial charge in [0.2, 0.25) is 5.78 Å². The van der Waals surface area contributed by atoms with Gasteiger partial charge in [-0.15, -0.1) is 11.3 Å². The quantitative estimate of drug-likeness (QED) is 0.617. The minimum Gasteiger partial charge on any atom is -0.397 e. The van der Waals surface area contributed by atoms with Crippen LogP contribution in [0.15, 0.2) is 30.3 Å². The summed E-state index contributed by atoms with van der Waals surface area (Å²) in [6.07, 6.45) is 0. The Morgan fingerprint density at radius 3 is 2.44 bits per heavy atom. The molecule has 4 N–H and O–H groups in total. The van der Waals surface area contributed by atoms with Crippen LogP contribution in [0.2, 0.25) is 0 Å². The van der Waals surface area contributed by atoms with Crippen LogP contribution in [-0.2, 0) is 0 Å². The molecule has 1 heterocycles. The minimum absolute atomic E-state index is 0.00944. The Labute approximate surface area is 97.7 Å². The molecule has 16 heavy (non-hydrogen) atoms. The molecule has 0 spiro atoms. The van der Waals surface area contributed by atoms with Crippen LogP contribution in [0.3, 0.4) is 0 Å². The van der Waals surface area contributed by atoms with Crippen molar-refractivity contribution in [1.29, 1.82) is 0 Å². The molecular formula is C12H12N2OS. The number of nitrogen functional groups attached to an aromatic ring is 2. The highest BCUT2D eigenvalue weighted by Gasteiger charge is 2.11. The highest BCUT2D eigenvalue weighted by atomic mass is 32.1. The Hall–Kier alpha value is -1.81. The molecule has 0 saturated heterocycles. The lowest BCUT2D eigenvalue weighted by atomic mass is 10.1. The Morgan fingerprint density at radius 2 is 1.88 bits per heavy atom. The second-order valence-electron chi connectivity index (χ2n) is 3.58. The summed E-state index contributed by atoms with van der Waals surface area (Å²) >= 11 is 1.48. The van der Waals surface area contributed by atoms with E-state index < -0.39 is 0 Å². The number of hydrogen-bond acceptors (Lipinski definition) is 4. The average Bonchev–Trinajstić information content (AvgIpc) is 2.68. The van der Waals surface area contributed by atoms with Gasteiger partial charge < -0.3 is 11.5 Å². The van der Waals surface area contributed by atoms with E-state index >= 15 is 0 Å². The third-order valence-electron chi connectivity index (χ3n) is 2.31. The summed E-state index contributed by atoms with van der Waals surface area (Å²) < 4.78 is 0. The monoisotopic (exact) mass is 232 g/mol. The molecule has 0 saturated carbocycles. The van der Waals surface area contributed by atoms with Crippen LogP contribution < -0.4 is 11.5 Å². The van der Waals surface area contributed by atoms with Crippen molar-refractivity contribution >= 4 is 28.5 Å². The summed E-state index contributed by atoms with van der Waals surface area (Å²) in [6.45, 7) is 1.97. The first kappa shape index (κ1) is 10.7. The van der Waals surface area contributed by atoms with Gasteiger partial charge in [0.25, 0.3) is 0 Å². The Kier molecular flexibility index (Phi) is 2.66. The van der Waals surface area contributed by atoms with Crippen LogP contribution in [0.1, 0.15) is 20.1 Å². The molecule has 0 unspecified atom stereocenters. The summed E-state index contributed by atoms with van der Waals surface area (Å²) in [5.41, 5.74) is 12.8. The summed E-state index contributed by atoms with van der Waals surface area (Å²) in [4.78, 5) is 13.9. The van der Waals surface area contributed by atoms with Crippen LogP contribution in [0.25, 0.3) is 0 Å². The summed E-state index contributed by atoms with van der Waals surface area (Å²) in [6, 6.07) is 8.73. The van der Waals surface area contributed by atoms with Crippen molar-refractivity contribution in [2.75, 3.05) is 11.5 Å². The molecule has 0 bridgehead atoms. The van der Waals surface area contributed by atoms with Gasteiger partial charge in [-0.05, 0) is 37.3 Å². The van der Waals surface area contributed by atoms with E-state index in [0.717, 1.165) is 9.75 Å². The summed E-state index contributed by atoms with van der Waals surface area (Å²) in [5.74, 6) is -0.00944. The number of rotatable bonds is 2. The highest BCUT2D eigenvalue weighted by Crippen LogP contribution is 2.22. The van der Waals surface area contributed by atoms with E-state index in [9.17, 15) is 4.79 Å². The molecule has 0 fully saturated rings. The van der Waals surface area contributed by atoms with Gasteiger partial charge in [0.15, 0.2) is 0 Å². The zero-order valence-corrected chi connectivity index (χ0v) is 9.67. The van der Waals surface area contributed by atoms with Crippen molar-refractivity contribution in [3.05, 3.63) is 45.6 Å². The van der Waals surface area contributed by atoms with E-state index in [1.54, 1.807) is 18.2 Å². The number of carbonyl (C=O) groups excluding carboxylic acids is 1. The minimum atomic E-state index is -0.00944. The average molecular weight is 232 g/mol. The lowest BCUT2D eigenvalue weighted by Crippen LogP contribution is -2.01. The van der Waals surface area contributed by atoms with Gasteiger partial charge in [0, 0.05) is 10.4 Å². The van der Waals surface area contributed by atoms with E-state index in [4.69, 9.17) is 11.5 Å². The first-order chi connectivity index (χ1) is 7.58. The number of hydrogen-bond donors (Lipinski definition) is 2. The van der Waals surface area contributed by atoms with Crippen LogP contribution in [0.5, 0.6) is 0 Å². The maximum atomic E-state index is 12.0. The van der Waals surface area contributed by atoms with Crippen LogP contribution >= 0.6 is 11.3 Å². The van der Waals surface area contributed by atoms with E-state index in [2.05, 4.69) is 0 Å². The molecule has 3 nitrogen and oxygen atoms in total. The lowest BCUT2D eigenvalue weighted by molar-refractivity contribution is 0.104. The van der Waals surface area contributed by atoms with Gasteiger partial charge in [0.05, 0.1) is 16.3 Å². The van der Waals surface area contributed by atoms with Crippen molar-refractivity contribution < 1.29 is 4.79 Å². The molecule has 0 aliphatic carbocycles. The molecular weight excluding hydrogens is 220 g/mol. The zero-order chi connectivity index (χ0) is 11.7. The van der Waals surface area contributed by atoms with Crippen LogP contribution in [0, 0.1) is 6.92 Å². The molecule has 0 radical (unpaired) electrons. The molecule has 1 aromatic carbocycles. The maximum Gasteiger partial charge on any atom is 0.203 e. The topological polar surface area (TPSA) is 69.1 Å². The highest BCUT2D eigenvalue weighted by molar-refractivity contribution is 7.14. The van der Waals surface area contributed by atoms with Gasteiger partial charge in [-0.1, -0.05) is 0 Å². The molecule has 1 aromatic heterocycles. The number of benzene rings is 1. The molecule has 4 heteroatoms. The fourth-order valence-corrected chi connectivity index (χ4v) is 2.24. The van der Waals surface area contributed by atoms with Crippen LogP contribution in [0.4, 0.5) is 11.4 Å². The first-order valence-corrected chi connectivity index (χ1v) is 5.65. The van der Waals surface area contributed by atoms with Crippen LogP contribution in [-0.4, -0.2) is 5.78 Å². The van der Waals surface area contributed by atoms with Gasteiger partial charge in [-0.25, -0.2) is 0 Å². The zero-order valence-electron chi connectivity index (χ0n) is 8.86. The van der Waals surface area contributed by atoms with Crippen molar-refractivity contribution in [2.24, 2.45) is 0 Å². The number of nitrogens with two attached hydrogens (primary N) is 2. The van der Waals surface area contributed by atoms with Crippen molar-refractivity contribution in [3.63, 3.8) is 0 Å². The Bertz CT molecular complexity index is 546. The molecule has 2 rings (SSSR count). The first-order valence-electron chi connectivity index (χ1n) is 4.84. The predicted octanol–water partition coefficient (Wildman–Crippen LogP) is 2.45. The number of anilines is 2. The number of thiophene rings is 1. The molecule has 2 aromatic rings. The lowest BCUT2D eigenvalue weighted by Gasteiger charge is -2.02. The Balaban J connectivity index is 2.38. The van der Waals surface area contributed by atoms with Crippen molar-refractivity contribution in [2.45, 2.75) is 6.92 Å². The third-order valence-corrected chi connectivity index (χ3v) is 3.31. The second kappa shape index (κ2) is 3.98. The van der Waals surface area contributed by atoms with Gasteiger partial charge >= 0.3 is 0 Å². The summed E-state index contributed by atoms with van der Waals surface area (Å²) in [7, 11) is 0. The molecule has 0 aliphatic rings. The molecule has 0 aliphatic heterocycles. The summed E-state index contributed by atoms with van der Waals surface area (Å²) in [5, 5.41) is 0. The smallest absolute Gasteiger partial charge is 0.203 e. The van der Waals surface area contributed by atoms with E-state index in [1.165, 1.54) is 11.3 Å². The largest absolute Gasteiger partial charge is 0.397 e. The molecule has 0 amide bonds. The third kappa shape index (κ3) is 1.92. The van der Waals surface area contributed by atoms with Crippen molar-refractivity contribution in [1.82, 2.24) is 0 Å². The van der Waals surface area contributed by atoms with Gasteiger partial charge in [-0.2, -0.15) is 0 Å². The van der Waals surface area contributed by atoms with E-state index in [1.807, 2.05) is 19.1 Å². The predicted molar refractivity (Wildman–Crippen MR) is 67.8 cm³/mol. The molecule has 82 valence electrons. The van der Waals surface area contributed by atoms with E-state index in [0.29, 0.717) is 16.9 Å². The SMILES string of the molecule is Cc1ccc(C(=O)c2ccc(N)c(N)c2)s1. The van der Waals surface area contributed by atoms with E-state index in [-0.39, 0.29) is 5.78 Å². The number of ketones is 1.